The molecule has 2 aliphatic heterocycles. The van der Waals surface area contributed by atoms with Crippen molar-refractivity contribution in [3.05, 3.63) is 0 Å². The van der Waals surface area contributed by atoms with Gasteiger partial charge in [0.1, 0.15) is 5.60 Å². The molecule has 4 nitrogen and oxygen atoms in total. The van der Waals surface area contributed by atoms with E-state index in [0.29, 0.717) is 13.2 Å². The maximum atomic E-state index is 6.12. The summed E-state index contributed by atoms with van der Waals surface area (Å²) in [5, 5.41) is 0. The number of hydrogen-bond donors (Lipinski definition) is 0. The molecule has 5 unspecified atom stereocenters. The van der Waals surface area contributed by atoms with E-state index in [2.05, 4.69) is 13.8 Å². The van der Waals surface area contributed by atoms with E-state index in [1.54, 1.807) is 14.2 Å². The molecule has 2 bridgehead atoms. The molecule has 0 aromatic rings. The van der Waals surface area contributed by atoms with Gasteiger partial charge in [0, 0.05) is 26.6 Å². The van der Waals surface area contributed by atoms with Crippen LogP contribution in [0.25, 0.3) is 0 Å². The molecule has 0 spiro atoms. The summed E-state index contributed by atoms with van der Waals surface area (Å²) in [6, 6.07) is 0. The standard InChI is InChI=1S/C12H22O4/c1-8-5-12(7-14-4)10(6-13-3)11(15-8)9(2)16-12/h8-11H,5-7H2,1-4H3. The van der Waals surface area contributed by atoms with Crippen LogP contribution in [-0.4, -0.2) is 51.3 Å². The Hall–Kier alpha value is -0.160. The number of ether oxygens (including phenoxy) is 4. The summed E-state index contributed by atoms with van der Waals surface area (Å²) >= 11 is 0. The van der Waals surface area contributed by atoms with E-state index in [1.165, 1.54) is 0 Å². The highest BCUT2D eigenvalue weighted by molar-refractivity contribution is 5.05. The Labute approximate surface area is 97.2 Å². The van der Waals surface area contributed by atoms with Crippen molar-refractivity contribution in [3.63, 3.8) is 0 Å². The Morgan fingerprint density at radius 3 is 2.62 bits per heavy atom. The third kappa shape index (κ3) is 1.88. The second kappa shape index (κ2) is 4.61. The minimum Gasteiger partial charge on any atom is -0.384 e. The smallest absolute Gasteiger partial charge is 0.102 e. The van der Waals surface area contributed by atoms with Crippen LogP contribution in [0.2, 0.25) is 0 Å². The van der Waals surface area contributed by atoms with Gasteiger partial charge in [-0.1, -0.05) is 0 Å². The largest absolute Gasteiger partial charge is 0.384 e. The predicted octanol–water partition coefficient (Wildman–Crippen LogP) is 1.23. The van der Waals surface area contributed by atoms with Crippen molar-refractivity contribution in [2.45, 2.75) is 44.2 Å². The lowest BCUT2D eigenvalue weighted by Gasteiger charge is -2.41. The van der Waals surface area contributed by atoms with E-state index < -0.39 is 0 Å². The number of hydrogen-bond acceptors (Lipinski definition) is 4. The monoisotopic (exact) mass is 230 g/mol. The van der Waals surface area contributed by atoms with Gasteiger partial charge < -0.3 is 18.9 Å². The van der Waals surface area contributed by atoms with Crippen LogP contribution in [0, 0.1) is 5.92 Å². The molecular weight excluding hydrogens is 208 g/mol. The van der Waals surface area contributed by atoms with Gasteiger partial charge in [0.15, 0.2) is 0 Å². The third-order valence-corrected chi connectivity index (χ3v) is 3.71. The van der Waals surface area contributed by atoms with Crippen molar-refractivity contribution in [2.24, 2.45) is 5.92 Å². The molecular formula is C12H22O4. The van der Waals surface area contributed by atoms with Crippen molar-refractivity contribution in [1.82, 2.24) is 0 Å². The predicted molar refractivity (Wildman–Crippen MR) is 59.5 cm³/mol. The Morgan fingerprint density at radius 1 is 1.25 bits per heavy atom. The van der Waals surface area contributed by atoms with E-state index in [4.69, 9.17) is 18.9 Å². The van der Waals surface area contributed by atoms with E-state index in [-0.39, 0.29) is 29.8 Å². The quantitative estimate of drug-likeness (QED) is 0.728. The summed E-state index contributed by atoms with van der Waals surface area (Å²) in [5.41, 5.74) is -0.216. The SMILES string of the molecule is COCC1C2OC(C)CC1(COC)OC2C. The molecule has 94 valence electrons. The van der Waals surface area contributed by atoms with Gasteiger partial charge in [0.25, 0.3) is 0 Å². The molecule has 0 N–H and O–H groups in total. The summed E-state index contributed by atoms with van der Waals surface area (Å²) in [5.74, 6) is 0.281. The third-order valence-electron chi connectivity index (χ3n) is 3.71. The van der Waals surface area contributed by atoms with Gasteiger partial charge in [-0.3, -0.25) is 0 Å². The summed E-state index contributed by atoms with van der Waals surface area (Å²) in [6.07, 6.45) is 1.38. The van der Waals surface area contributed by atoms with Gasteiger partial charge in [0.2, 0.25) is 0 Å². The summed E-state index contributed by atoms with van der Waals surface area (Å²) in [6.45, 7) is 5.46. The lowest BCUT2D eigenvalue weighted by Crippen LogP contribution is -2.52. The molecule has 0 aliphatic carbocycles. The molecule has 4 heteroatoms. The van der Waals surface area contributed by atoms with Gasteiger partial charge >= 0.3 is 0 Å². The van der Waals surface area contributed by atoms with Gasteiger partial charge in [-0.2, -0.15) is 0 Å². The van der Waals surface area contributed by atoms with Gasteiger partial charge in [-0.05, 0) is 13.8 Å². The Kier molecular flexibility index (Phi) is 3.54. The topological polar surface area (TPSA) is 36.9 Å². The zero-order valence-corrected chi connectivity index (χ0v) is 10.6. The van der Waals surface area contributed by atoms with Crippen LogP contribution in [-0.2, 0) is 18.9 Å². The molecule has 2 aliphatic rings. The maximum absolute atomic E-state index is 6.12. The second-order valence-corrected chi connectivity index (χ2v) is 5.00. The minimum absolute atomic E-state index is 0.125. The first kappa shape index (κ1) is 12.3. The molecule has 16 heavy (non-hydrogen) atoms. The molecule has 5 atom stereocenters. The molecule has 2 fully saturated rings. The van der Waals surface area contributed by atoms with Crippen LogP contribution in [0.3, 0.4) is 0 Å². The average molecular weight is 230 g/mol. The molecule has 0 amide bonds. The van der Waals surface area contributed by atoms with E-state index in [1.807, 2.05) is 0 Å². The number of methoxy groups -OCH3 is 2. The first-order valence-electron chi connectivity index (χ1n) is 5.94. The van der Waals surface area contributed by atoms with Crippen LogP contribution in [0.4, 0.5) is 0 Å². The number of fused-ring (bicyclic) bond motifs is 2. The van der Waals surface area contributed by atoms with Crippen molar-refractivity contribution in [1.29, 1.82) is 0 Å². The van der Waals surface area contributed by atoms with E-state index in [0.717, 1.165) is 6.42 Å². The molecule has 0 aromatic carbocycles. The Balaban J connectivity index is 2.21. The molecule has 2 heterocycles. The molecule has 2 saturated heterocycles. The van der Waals surface area contributed by atoms with Crippen LogP contribution in [0.15, 0.2) is 0 Å². The maximum Gasteiger partial charge on any atom is 0.102 e. The number of rotatable bonds is 4. The average Bonchev–Trinajstić information content (AvgIpc) is 2.38. The van der Waals surface area contributed by atoms with Gasteiger partial charge in [-0.25, -0.2) is 0 Å². The lowest BCUT2D eigenvalue weighted by molar-refractivity contribution is -0.146. The fourth-order valence-corrected chi connectivity index (χ4v) is 3.23. The first-order chi connectivity index (χ1) is 7.63. The van der Waals surface area contributed by atoms with Crippen LogP contribution >= 0.6 is 0 Å². The lowest BCUT2D eigenvalue weighted by atomic mass is 9.79. The molecule has 2 rings (SSSR count). The summed E-state index contributed by atoms with van der Waals surface area (Å²) in [7, 11) is 3.45. The Morgan fingerprint density at radius 2 is 2.00 bits per heavy atom. The van der Waals surface area contributed by atoms with Gasteiger partial charge in [0.05, 0.1) is 31.5 Å². The minimum atomic E-state index is -0.216. The van der Waals surface area contributed by atoms with Gasteiger partial charge in [-0.15, -0.1) is 0 Å². The van der Waals surface area contributed by atoms with Crippen molar-refractivity contribution >= 4 is 0 Å². The molecule has 0 saturated carbocycles. The van der Waals surface area contributed by atoms with Crippen molar-refractivity contribution < 1.29 is 18.9 Å². The highest BCUT2D eigenvalue weighted by atomic mass is 16.6. The second-order valence-electron chi connectivity index (χ2n) is 5.00. The first-order valence-corrected chi connectivity index (χ1v) is 5.94. The van der Waals surface area contributed by atoms with Crippen LogP contribution in [0.5, 0.6) is 0 Å². The van der Waals surface area contributed by atoms with Crippen molar-refractivity contribution in [3.8, 4) is 0 Å². The zero-order valence-electron chi connectivity index (χ0n) is 10.6. The summed E-state index contributed by atoms with van der Waals surface area (Å²) in [4.78, 5) is 0. The summed E-state index contributed by atoms with van der Waals surface area (Å²) < 4.78 is 22.7. The zero-order chi connectivity index (χ0) is 11.8. The Bertz CT molecular complexity index is 241. The normalized spacial score (nSPS) is 47.2. The van der Waals surface area contributed by atoms with E-state index in [9.17, 15) is 0 Å². The van der Waals surface area contributed by atoms with Crippen molar-refractivity contribution in [2.75, 3.05) is 27.4 Å². The molecule has 0 radical (unpaired) electrons. The highest BCUT2D eigenvalue weighted by Gasteiger charge is 2.58. The highest BCUT2D eigenvalue weighted by Crippen LogP contribution is 2.46. The molecule has 0 aromatic heterocycles. The van der Waals surface area contributed by atoms with E-state index >= 15 is 0 Å². The van der Waals surface area contributed by atoms with Crippen LogP contribution in [0.1, 0.15) is 20.3 Å². The fraction of sp³-hybridized carbons (Fsp3) is 1.00. The van der Waals surface area contributed by atoms with Crippen LogP contribution < -0.4 is 0 Å². The fourth-order valence-electron chi connectivity index (χ4n) is 3.23.